The number of ether oxygens (including phenoxy) is 2. The lowest BCUT2D eigenvalue weighted by Gasteiger charge is -2.17. The van der Waals surface area contributed by atoms with Crippen LogP contribution in [0.25, 0.3) is 0 Å². The number of anilines is 3. The maximum Gasteiger partial charge on any atom is 0.262 e. The van der Waals surface area contributed by atoms with Crippen LogP contribution in [0.2, 0.25) is 0 Å². The van der Waals surface area contributed by atoms with Crippen LogP contribution >= 0.6 is 0 Å². The van der Waals surface area contributed by atoms with Gasteiger partial charge in [0.25, 0.3) is 5.91 Å². The maximum atomic E-state index is 13.6. The van der Waals surface area contributed by atoms with Crippen molar-refractivity contribution in [3.05, 3.63) is 94.7 Å². The fourth-order valence-electron chi connectivity index (χ4n) is 4.91. The molecule has 0 unspecified atom stereocenters. The van der Waals surface area contributed by atoms with Crippen LogP contribution in [0.4, 0.5) is 17.3 Å². The number of hydrogen-bond acceptors (Lipinski definition) is 7. The second kappa shape index (κ2) is 15.2. The number of aromatic nitrogens is 2. The summed E-state index contributed by atoms with van der Waals surface area (Å²) in [5.74, 6) is 1.11. The zero-order valence-corrected chi connectivity index (χ0v) is 26.2. The average molecular weight is 582 g/mol. The number of carbonyl (C=O) groups is 1. The highest BCUT2D eigenvalue weighted by Gasteiger charge is 2.20. The molecule has 0 radical (unpaired) electrons. The summed E-state index contributed by atoms with van der Waals surface area (Å²) in [7, 11) is 1.60. The van der Waals surface area contributed by atoms with Gasteiger partial charge in [-0.1, -0.05) is 63.6 Å². The van der Waals surface area contributed by atoms with Crippen molar-refractivity contribution in [3.8, 4) is 17.4 Å². The number of carbonyl (C=O) groups excluding carboxylic acids is 1. The Hall–Kier alpha value is -4.43. The average Bonchev–Trinajstić information content (AvgIpc) is 3.01. The second-order valence-electron chi connectivity index (χ2n) is 10.6. The van der Waals surface area contributed by atoms with E-state index in [9.17, 15) is 4.79 Å². The quantitative estimate of drug-likeness (QED) is 0.158. The van der Waals surface area contributed by atoms with E-state index in [0.717, 1.165) is 67.0 Å². The summed E-state index contributed by atoms with van der Waals surface area (Å²) in [5.41, 5.74) is 6.13. The van der Waals surface area contributed by atoms with Crippen molar-refractivity contribution < 1.29 is 14.3 Å². The Morgan fingerprint density at radius 1 is 0.884 bits per heavy atom. The van der Waals surface area contributed by atoms with Crippen LogP contribution in [0.1, 0.15) is 59.8 Å². The summed E-state index contributed by atoms with van der Waals surface area (Å²) in [6.07, 6.45) is 4.42. The van der Waals surface area contributed by atoms with Gasteiger partial charge in [-0.2, -0.15) is 4.98 Å². The molecule has 0 saturated heterocycles. The van der Waals surface area contributed by atoms with E-state index >= 15 is 0 Å². The van der Waals surface area contributed by atoms with E-state index in [-0.39, 0.29) is 17.4 Å². The van der Waals surface area contributed by atoms with Gasteiger partial charge >= 0.3 is 0 Å². The molecule has 226 valence electrons. The first-order valence-electron chi connectivity index (χ1n) is 15.0. The molecule has 0 aliphatic rings. The first-order chi connectivity index (χ1) is 20.8. The van der Waals surface area contributed by atoms with Gasteiger partial charge < -0.3 is 25.0 Å². The van der Waals surface area contributed by atoms with Crippen LogP contribution in [0.3, 0.4) is 0 Å². The Kier molecular flexibility index (Phi) is 11.1. The molecule has 0 bridgehead atoms. The molecular weight excluding hydrogens is 538 g/mol. The minimum absolute atomic E-state index is 0.124. The molecule has 3 aromatic carbocycles. The molecule has 1 amide bonds. The molecule has 0 saturated carbocycles. The van der Waals surface area contributed by atoms with Gasteiger partial charge in [-0.15, -0.1) is 0 Å². The van der Waals surface area contributed by atoms with Gasteiger partial charge in [-0.25, -0.2) is 4.98 Å². The Balaban J connectivity index is 1.62. The third-order valence-electron chi connectivity index (χ3n) is 7.51. The van der Waals surface area contributed by atoms with E-state index in [1.807, 2.05) is 62.4 Å². The molecule has 0 aliphatic carbocycles. The summed E-state index contributed by atoms with van der Waals surface area (Å²) in [6.45, 7) is 13.5. The van der Waals surface area contributed by atoms with Crippen LogP contribution in [0.15, 0.2) is 66.9 Å². The van der Waals surface area contributed by atoms with Crippen molar-refractivity contribution in [2.45, 2.75) is 53.9 Å². The first kappa shape index (κ1) is 31.5. The Labute approximate surface area is 255 Å². The number of rotatable bonds is 14. The topological polar surface area (TPSA) is 88.6 Å². The van der Waals surface area contributed by atoms with Crippen molar-refractivity contribution in [1.82, 2.24) is 14.9 Å². The van der Waals surface area contributed by atoms with Crippen molar-refractivity contribution >= 4 is 23.2 Å². The summed E-state index contributed by atoms with van der Waals surface area (Å²) < 4.78 is 11.9. The molecule has 0 atom stereocenters. The molecular formula is C35H43N5O3. The van der Waals surface area contributed by atoms with Gasteiger partial charge in [-0.05, 0) is 86.3 Å². The molecule has 8 heteroatoms. The monoisotopic (exact) mass is 581 g/mol. The van der Waals surface area contributed by atoms with Crippen LogP contribution < -0.4 is 20.1 Å². The van der Waals surface area contributed by atoms with Crippen molar-refractivity contribution in [1.29, 1.82) is 0 Å². The fraction of sp³-hybridized carbons (Fsp3) is 0.343. The van der Waals surface area contributed by atoms with E-state index in [1.54, 1.807) is 7.11 Å². The molecule has 43 heavy (non-hydrogen) atoms. The molecule has 1 aromatic heterocycles. The number of nitrogens with one attached hydrogen (secondary N) is 2. The second-order valence-corrected chi connectivity index (χ2v) is 10.6. The number of likely N-dealkylation sites (N-methyl/N-ethyl adjacent to an activating group) is 1. The third-order valence-corrected chi connectivity index (χ3v) is 7.51. The Morgan fingerprint density at radius 2 is 1.58 bits per heavy atom. The number of benzene rings is 3. The molecule has 4 aromatic rings. The summed E-state index contributed by atoms with van der Waals surface area (Å²) in [6, 6.07) is 19.9. The third kappa shape index (κ3) is 8.32. The van der Waals surface area contributed by atoms with Crippen LogP contribution in [-0.4, -0.2) is 47.5 Å². The van der Waals surface area contributed by atoms with E-state index < -0.39 is 0 Å². The number of para-hydroxylation sites is 1. The lowest BCUT2D eigenvalue weighted by atomic mass is 10.1. The smallest absolute Gasteiger partial charge is 0.262 e. The SMILES string of the molecule is CCCc1ccc(Oc2nc(Nc3ccc(CCN(CC)CC)cc3)ncc2C(=O)Nc2c(C)cccc2C)c(OC)c1. The zero-order valence-electron chi connectivity index (χ0n) is 26.2. The molecule has 0 spiro atoms. The lowest BCUT2D eigenvalue weighted by Crippen LogP contribution is -2.25. The molecule has 4 rings (SSSR count). The normalized spacial score (nSPS) is 11.0. The van der Waals surface area contributed by atoms with E-state index in [2.05, 4.69) is 58.4 Å². The van der Waals surface area contributed by atoms with Crippen LogP contribution in [0, 0.1) is 13.8 Å². The summed E-state index contributed by atoms with van der Waals surface area (Å²) in [4.78, 5) is 25.1. The van der Waals surface area contributed by atoms with Gasteiger partial charge in [0.2, 0.25) is 11.8 Å². The number of nitrogens with zero attached hydrogens (tertiary/aromatic N) is 3. The zero-order chi connectivity index (χ0) is 30.8. The summed E-state index contributed by atoms with van der Waals surface area (Å²) in [5, 5.41) is 6.28. The first-order valence-corrected chi connectivity index (χ1v) is 15.0. The van der Waals surface area contributed by atoms with Crippen molar-refractivity contribution in [2.24, 2.45) is 0 Å². The number of amides is 1. The van der Waals surface area contributed by atoms with Crippen LogP contribution in [-0.2, 0) is 12.8 Å². The minimum atomic E-state index is -0.363. The van der Waals surface area contributed by atoms with Gasteiger partial charge in [0.05, 0.1) is 7.11 Å². The van der Waals surface area contributed by atoms with E-state index in [0.29, 0.717) is 17.4 Å². The maximum absolute atomic E-state index is 13.6. The molecule has 0 aliphatic heterocycles. The molecule has 0 fully saturated rings. The predicted octanol–water partition coefficient (Wildman–Crippen LogP) is 7.73. The van der Waals surface area contributed by atoms with Gasteiger partial charge in [-0.3, -0.25) is 4.79 Å². The fourth-order valence-corrected chi connectivity index (χ4v) is 4.91. The largest absolute Gasteiger partial charge is 0.493 e. The van der Waals surface area contributed by atoms with E-state index in [4.69, 9.17) is 9.47 Å². The molecule has 2 N–H and O–H groups in total. The van der Waals surface area contributed by atoms with Crippen molar-refractivity contribution in [3.63, 3.8) is 0 Å². The Morgan fingerprint density at radius 3 is 2.23 bits per heavy atom. The highest BCUT2D eigenvalue weighted by molar-refractivity contribution is 6.06. The number of methoxy groups -OCH3 is 1. The highest BCUT2D eigenvalue weighted by atomic mass is 16.5. The predicted molar refractivity (Wildman–Crippen MR) is 174 cm³/mol. The minimum Gasteiger partial charge on any atom is -0.493 e. The highest BCUT2D eigenvalue weighted by Crippen LogP contribution is 2.34. The summed E-state index contributed by atoms with van der Waals surface area (Å²) >= 11 is 0. The van der Waals surface area contributed by atoms with E-state index in [1.165, 1.54) is 11.8 Å². The van der Waals surface area contributed by atoms with Gasteiger partial charge in [0.1, 0.15) is 5.56 Å². The number of hydrogen-bond donors (Lipinski definition) is 2. The van der Waals surface area contributed by atoms with Gasteiger partial charge in [0.15, 0.2) is 11.5 Å². The number of aryl methyl sites for hydroxylation is 3. The van der Waals surface area contributed by atoms with Crippen molar-refractivity contribution in [2.75, 3.05) is 37.4 Å². The molecule has 8 nitrogen and oxygen atoms in total. The lowest BCUT2D eigenvalue weighted by molar-refractivity contribution is 0.102. The molecule has 1 heterocycles. The Bertz CT molecular complexity index is 1500. The standard InChI is InChI=1S/C35H43N5O3/c1-7-11-27-16-19-30(31(22-27)42-6)43-34-29(33(41)38-32-24(4)12-10-13-25(32)5)23-36-35(39-34)37-28-17-14-26(15-18-28)20-21-40(8-2)9-3/h10,12-19,22-23H,7-9,11,20-21H2,1-6H3,(H,38,41)(H,36,37,39). The van der Waals surface area contributed by atoms with Gasteiger partial charge in [0, 0.05) is 24.1 Å². The van der Waals surface area contributed by atoms with Crippen LogP contribution in [0.5, 0.6) is 17.4 Å².